The Balaban J connectivity index is 0.000000381. The van der Waals surface area contributed by atoms with Gasteiger partial charge in [0, 0.05) is 0 Å². The van der Waals surface area contributed by atoms with Crippen molar-refractivity contribution < 1.29 is 115 Å². The molecule has 0 bridgehead atoms. The minimum Gasteiger partial charge on any atom is -0.297 e. The van der Waals surface area contributed by atoms with Crippen LogP contribution in [0, 0.1) is 145 Å². The number of unbranched alkanes of at least 4 members (excludes halogenated alkanes) is 26. The monoisotopic (exact) mass is 1310 g/mol. The maximum Gasteiger partial charge on any atom is 0.225 e. The van der Waals surface area contributed by atoms with Crippen LogP contribution in [-0.2, 0) is 0 Å². The lowest BCUT2D eigenvalue weighted by atomic mass is 9.12. The number of rotatable bonds is 35. The van der Waals surface area contributed by atoms with Crippen LogP contribution in [0.3, 0.4) is 0 Å². The maximum absolute atomic E-state index is 15.4. The molecule has 0 aliphatic carbocycles. The summed E-state index contributed by atoms with van der Waals surface area (Å²) in [6.07, 6.45) is 26.5. The van der Waals surface area contributed by atoms with E-state index < -0.39 is 179 Å². The molecular weight excluding hydrogens is 1240 g/mol. The molecule has 0 fully saturated rings. The molecule has 0 amide bonds. The normalized spacial score (nSPS) is 11.9. The first-order chi connectivity index (χ1) is 42.2. The summed E-state index contributed by atoms with van der Waals surface area (Å²) in [4.78, 5) is 0.385. The summed E-state index contributed by atoms with van der Waals surface area (Å²) in [6.45, 7) is 5.25. The van der Waals surface area contributed by atoms with E-state index in [0.29, 0.717) is 30.8 Å². The van der Waals surface area contributed by atoms with Gasteiger partial charge in [-0.15, -0.1) is 21.9 Å². The maximum atomic E-state index is 15.4. The van der Waals surface area contributed by atoms with Gasteiger partial charge in [-0.1, -0.05) is 168 Å². The summed E-state index contributed by atoms with van der Waals surface area (Å²) in [5, 5.41) is 0. The molecule has 1 nitrogen and oxygen atoms in total. The Morgan fingerprint density at radius 3 is 0.483 bits per heavy atom. The van der Waals surface area contributed by atoms with E-state index in [1.54, 1.807) is 0 Å². The molecule has 0 atom stereocenters. The zero-order chi connectivity index (χ0) is 66.6. The van der Waals surface area contributed by atoms with Crippen molar-refractivity contribution >= 4 is 33.7 Å². The number of nitrogens with one attached hydrogen (secondary N) is 1. The molecule has 0 saturated carbocycles. The lowest BCUT2D eigenvalue weighted by Gasteiger charge is -2.44. The second-order valence-corrected chi connectivity index (χ2v) is 22.0. The molecule has 1 N–H and O–H groups in total. The van der Waals surface area contributed by atoms with Crippen molar-refractivity contribution in [1.29, 1.82) is 0 Å². The Hall–Kier alpha value is -5.63. The van der Waals surface area contributed by atoms with E-state index >= 15 is 35.1 Å². The number of hydrogen-bond donors (Lipinski definition) is 1. The number of hydrogen-bond acceptors (Lipinski definition) is 0. The quantitative estimate of drug-likeness (QED) is 0.0136. The third kappa shape index (κ3) is 17.5. The zero-order valence-corrected chi connectivity index (χ0v) is 48.7. The molecule has 89 heavy (non-hydrogen) atoms. The third-order valence-electron chi connectivity index (χ3n) is 15.9. The summed E-state index contributed by atoms with van der Waals surface area (Å²) in [7, 11) is 0. The molecular formula is C62H67BF25N. The largest absolute Gasteiger partial charge is 0.297 e. The predicted molar refractivity (Wildman–Crippen MR) is 286 cm³/mol. The van der Waals surface area contributed by atoms with Gasteiger partial charge in [0.15, 0.2) is 69.8 Å². The topological polar surface area (TPSA) is 4.44 Å². The molecule has 0 saturated heterocycles. The van der Waals surface area contributed by atoms with Crippen LogP contribution in [-0.4, -0.2) is 19.2 Å². The highest BCUT2D eigenvalue weighted by atomic mass is 19.2. The summed E-state index contributed by atoms with van der Waals surface area (Å²) in [6, 6.07) is 0. The Kier molecular flexibility index (Phi) is 30.5. The summed E-state index contributed by atoms with van der Waals surface area (Å²) in [5.41, 5.74) is -15.0. The van der Waals surface area contributed by atoms with E-state index in [2.05, 4.69) is 13.8 Å². The standard InChI is InChI=1S/C38H66F5N.C24BF20/c1-3-5-7-9-11-13-15-17-19-21-23-25-27-29-31-44(38-36(42)34(40)33(39)35(41)37(38)43)32-30-28-26-24-22-20-18-16-14-12-10-8-6-4-2;26-5-1(6(27)14(35)21(42)13(5)34)25(2-7(28)15(36)22(43)16(37)8(2)29,3-9(30)17(38)23(44)18(39)10(3)31)4-11(32)19(40)24(45)20(41)12(4)33/h3-32H2,1-2H3;/q;-1/p+1. The van der Waals surface area contributed by atoms with Gasteiger partial charge in [0.1, 0.15) is 52.7 Å². The minimum absolute atomic E-state index is 0.384. The average molecular weight is 1310 g/mol. The van der Waals surface area contributed by atoms with Gasteiger partial charge in [0.25, 0.3) is 0 Å². The Labute approximate surface area is 499 Å². The van der Waals surface area contributed by atoms with Crippen LogP contribution in [0.5, 0.6) is 0 Å². The second kappa shape index (κ2) is 35.8. The van der Waals surface area contributed by atoms with Gasteiger partial charge in [-0.2, -0.15) is 8.78 Å². The van der Waals surface area contributed by atoms with Gasteiger partial charge in [-0.25, -0.2) is 101 Å². The van der Waals surface area contributed by atoms with Crippen LogP contribution in [0.15, 0.2) is 0 Å². The molecule has 0 heterocycles. The third-order valence-corrected chi connectivity index (χ3v) is 15.9. The Bertz CT molecular complexity index is 2710. The van der Waals surface area contributed by atoms with E-state index in [4.69, 9.17) is 0 Å². The Morgan fingerprint density at radius 1 is 0.180 bits per heavy atom. The summed E-state index contributed by atoms with van der Waals surface area (Å²) >= 11 is 0. The fraction of sp³-hybridized carbons (Fsp3) is 0.516. The average Bonchev–Trinajstić information content (AvgIpc) is 0.694. The van der Waals surface area contributed by atoms with Gasteiger partial charge in [-0.3, -0.25) is 4.90 Å². The van der Waals surface area contributed by atoms with Gasteiger partial charge in [-0.05, 0) is 25.7 Å². The fourth-order valence-corrected chi connectivity index (χ4v) is 11.2. The van der Waals surface area contributed by atoms with Crippen molar-refractivity contribution in [3.63, 3.8) is 0 Å². The highest BCUT2D eigenvalue weighted by molar-refractivity contribution is 7.20. The molecule has 0 aromatic heterocycles. The smallest absolute Gasteiger partial charge is 0.225 e. The lowest BCUT2D eigenvalue weighted by molar-refractivity contribution is -0.835. The van der Waals surface area contributed by atoms with Crippen molar-refractivity contribution in [3.8, 4) is 0 Å². The van der Waals surface area contributed by atoms with Crippen LogP contribution in [0.1, 0.15) is 194 Å². The van der Waals surface area contributed by atoms with E-state index in [0.717, 1.165) is 38.5 Å². The summed E-state index contributed by atoms with van der Waals surface area (Å²) < 4.78 is 365. The van der Waals surface area contributed by atoms with E-state index in [9.17, 15) is 74.6 Å². The van der Waals surface area contributed by atoms with Gasteiger partial charge in [0.2, 0.25) is 34.8 Å². The zero-order valence-electron chi connectivity index (χ0n) is 48.7. The molecule has 0 aliphatic rings. The van der Waals surface area contributed by atoms with E-state index in [1.807, 2.05) is 0 Å². The van der Waals surface area contributed by atoms with E-state index in [-0.39, 0.29) is 0 Å². The van der Waals surface area contributed by atoms with Crippen molar-refractivity contribution in [2.24, 2.45) is 0 Å². The van der Waals surface area contributed by atoms with Gasteiger partial charge >= 0.3 is 0 Å². The van der Waals surface area contributed by atoms with Crippen molar-refractivity contribution in [2.75, 3.05) is 13.1 Å². The highest BCUT2D eigenvalue weighted by Gasteiger charge is 2.52. The first-order valence-corrected chi connectivity index (χ1v) is 29.8. The number of benzene rings is 5. The van der Waals surface area contributed by atoms with Crippen LogP contribution in [0.2, 0.25) is 0 Å². The van der Waals surface area contributed by atoms with Crippen LogP contribution >= 0.6 is 0 Å². The Morgan fingerprint density at radius 2 is 0.315 bits per heavy atom. The molecule has 498 valence electrons. The summed E-state index contributed by atoms with van der Waals surface area (Å²) in [5.74, 6) is -80.5. The fourth-order valence-electron chi connectivity index (χ4n) is 11.2. The highest BCUT2D eigenvalue weighted by Crippen LogP contribution is 2.32. The van der Waals surface area contributed by atoms with Gasteiger partial charge < -0.3 is 0 Å². The van der Waals surface area contributed by atoms with Crippen molar-refractivity contribution in [3.05, 3.63) is 145 Å². The molecule has 5 rings (SSSR count). The van der Waals surface area contributed by atoms with Crippen LogP contribution < -0.4 is 26.8 Å². The van der Waals surface area contributed by atoms with Crippen LogP contribution in [0.25, 0.3) is 0 Å². The molecule has 0 radical (unpaired) electrons. The molecule has 27 heteroatoms. The molecule has 5 aromatic carbocycles. The SMILES string of the molecule is CCCCCCCCCCCCCCCC[NH+](CCCCCCCCCCCCCCCC)c1c(F)c(F)c(F)c(F)c1F.Fc1c(F)c(F)c([B-](c2c(F)c(F)c(F)c(F)c2F)(c2c(F)c(F)c(F)c(F)c2F)c2c(F)c(F)c(F)c(F)c2F)c(F)c1F. The second-order valence-electron chi connectivity index (χ2n) is 22.0. The first-order valence-electron chi connectivity index (χ1n) is 29.8. The number of quaternary nitrogens is 1. The van der Waals surface area contributed by atoms with Gasteiger partial charge in [0.05, 0.1) is 13.1 Å². The molecule has 0 spiro atoms. The predicted octanol–water partition coefficient (Wildman–Crippen LogP) is 18.7. The lowest BCUT2D eigenvalue weighted by Crippen LogP contribution is -3.07. The van der Waals surface area contributed by atoms with Crippen LogP contribution in [0.4, 0.5) is 115 Å². The first kappa shape index (κ1) is 75.8. The number of halogens is 25. The van der Waals surface area contributed by atoms with E-state index in [1.165, 1.54) is 128 Å². The molecule has 5 aromatic rings. The van der Waals surface area contributed by atoms with Crippen molar-refractivity contribution in [1.82, 2.24) is 0 Å². The molecule has 0 aliphatic heterocycles. The minimum atomic E-state index is -7.22. The van der Waals surface area contributed by atoms with Crippen molar-refractivity contribution in [2.45, 2.75) is 194 Å². The molecule has 0 unspecified atom stereocenters.